The molecule has 4 nitrogen and oxygen atoms in total. The molecule has 1 aromatic heterocycles. The van der Waals surface area contributed by atoms with Gasteiger partial charge in [0.15, 0.2) is 0 Å². The Morgan fingerprint density at radius 1 is 1.67 bits per heavy atom. The van der Waals surface area contributed by atoms with Gasteiger partial charge in [0, 0.05) is 5.56 Å². The van der Waals surface area contributed by atoms with Crippen molar-refractivity contribution in [2.75, 3.05) is 5.73 Å². The lowest BCUT2D eigenvalue weighted by Crippen LogP contribution is -2.05. The Kier molecular flexibility index (Phi) is 2.23. The first-order valence-electron chi connectivity index (χ1n) is 3.22. The normalized spacial score (nSPS) is 9.75. The first-order chi connectivity index (χ1) is 5.59. The topological polar surface area (TPSA) is 76.2 Å². The molecule has 0 bridgehead atoms. The summed E-state index contributed by atoms with van der Waals surface area (Å²) in [5.74, 6) is -1.80. The average Bonchev–Trinajstić information content (AvgIpc) is 1.94. The van der Waals surface area contributed by atoms with Crippen LogP contribution >= 0.6 is 0 Å². The van der Waals surface area contributed by atoms with Crippen molar-refractivity contribution in [1.29, 1.82) is 0 Å². The van der Waals surface area contributed by atoms with Crippen LogP contribution in [-0.4, -0.2) is 16.1 Å². The van der Waals surface area contributed by atoms with E-state index >= 15 is 0 Å². The number of hydrogen-bond donors (Lipinski definition) is 2. The van der Waals surface area contributed by atoms with Crippen LogP contribution in [0.4, 0.5) is 10.2 Å². The number of nitrogens with two attached hydrogens (primary N) is 1. The quantitative estimate of drug-likeness (QED) is 0.631. The first-order valence-corrected chi connectivity index (χ1v) is 3.22. The average molecular weight is 170 g/mol. The fourth-order valence-electron chi connectivity index (χ4n) is 0.791. The molecule has 0 saturated heterocycles. The molecule has 0 aliphatic rings. The monoisotopic (exact) mass is 170 g/mol. The number of aromatic nitrogens is 1. The molecule has 1 rings (SSSR count). The van der Waals surface area contributed by atoms with Crippen molar-refractivity contribution < 1.29 is 14.3 Å². The van der Waals surface area contributed by atoms with E-state index in [0.717, 1.165) is 6.07 Å². The number of nitrogen functional groups attached to an aromatic ring is 1. The molecule has 0 unspecified atom stereocenters. The van der Waals surface area contributed by atoms with E-state index in [4.69, 9.17) is 10.8 Å². The third-order valence-corrected chi connectivity index (χ3v) is 1.32. The van der Waals surface area contributed by atoms with Gasteiger partial charge in [-0.2, -0.15) is 4.39 Å². The van der Waals surface area contributed by atoms with Gasteiger partial charge in [-0.25, -0.2) is 4.98 Å². The van der Waals surface area contributed by atoms with Gasteiger partial charge in [0.1, 0.15) is 5.82 Å². The van der Waals surface area contributed by atoms with Crippen molar-refractivity contribution in [3.8, 4) is 0 Å². The SMILES string of the molecule is Nc1nc(F)ccc1CC(=O)O. The molecule has 1 heterocycles. The Morgan fingerprint density at radius 3 is 2.83 bits per heavy atom. The van der Waals surface area contributed by atoms with Gasteiger partial charge in [-0.05, 0) is 6.07 Å². The molecule has 0 atom stereocenters. The predicted molar refractivity (Wildman–Crippen MR) is 39.9 cm³/mol. The van der Waals surface area contributed by atoms with E-state index in [1.165, 1.54) is 6.07 Å². The van der Waals surface area contributed by atoms with Gasteiger partial charge in [0.25, 0.3) is 0 Å². The van der Waals surface area contributed by atoms with E-state index in [1.54, 1.807) is 0 Å². The number of halogens is 1. The zero-order valence-electron chi connectivity index (χ0n) is 6.12. The van der Waals surface area contributed by atoms with Gasteiger partial charge in [0.2, 0.25) is 5.95 Å². The molecule has 0 amide bonds. The fourth-order valence-corrected chi connectivity index (χ4v) is 0.791. The second-order valence-electron chi connectivity index (χ2n) is 2.25. The molecule has 64 valence electrons. The van der Waals surface area contributed by atoms with Gasteiger partial charge in [-0.1, -0.05) is 6.07 Å². The highest BCUT2D eigenvalue weighted by Crippen LogP contribution is 2.09. The highest BCUT2D eigenvalue weighted by molar-refractivity contribution is 5.72. The molecule has 0 spiro atoms. The van der Waals surface area contributed by atoms with Crippen molar-refractivity contribution in [1.82, 2.24) is 4.98 Å². The zero-order valence-corrected chi connectivity index (χ0v) is 6.12. The molecule has 0 saturated carbocycles. The lowest BCUT2D eigenvalue weighted by atomic mass is 10.2. The minimum Gasteiger partial charge on any atom is -0.481 e. The van der Waals surface area contributed by atoms with Crippen LogP contribution in [0.25, 0.3) is 0 Å². The number of hydrogen-bond acceptors (Lipinski definition) is 3. The van der Waals surface area contributed by atoms with Crippen LogP contribution in [0.2, 0.25) is 0 Å². The Bertz CT molecular complexity index is 314. The molecular weight excluding hydrogens is 163 g/mol. The van der Waals surface area contributed by atoms with Crippen LogP contribution in [0.15, 0.2) is 12.1 Å². The molecule has 0 fully saturated rings. The molecular formula is C7H7FN2O2. The Morgan fingerprint density at radius 2 is 2.33 bits per heavy atom. The van der Waals surface area contributed by atoms with Crippen LogP contribution in [0.3, 0.4) is 0 Å². The summed E-state index contributed by atoms with van der Waals surface area (Å²) in [6.45, 7) is 0. The van der Waals surface area contributed by atoms with E-state index < -0.39 is 11.9 Å². The Labute approximate surface area is 67.8 Å². The summed E-state index contributed by atoms with van der Waals surface area (Å²) in [5.41, 5.74) is 5.58. The highest BCUT2D eigenvalue weighted by Gasteiger charge is 2.05. The van der Waals surface area contributed by atoms with E-state index in [0.29, 0.717) is 5.56 Å². The number of carboxylic acid groups (broad SMARTS) is 1. The largest absolute Gasteiger partial charge is 0.481 e. The van der Waals surface area contributed by atoms with Crippen LogP contribution in [0, 0.1) is 5.95 Å². The van der Waals surface area contributed by atoms with Gasteiger partial charge < -0.3 is 10.8 Å². The zero-order chi connectivity index (χ0) is 9.14. The number of anilines is 1. The minimum absolute atomic E-state index is 0.0719. The maximum absolute atomic E-state index is 12.3. The lowest BCUT2D eigenvalue weighted by molar-refractivity contribution is -0.136. The maximum Gasteiger partial charge on any atom is 0.307 e. The van der Waals surface area contributed by atoms with Crippen LogP contribution in [0.1, 0.15) is 5.56 Å². The molecule has 0 aliphatic heterocycles. The summed E-state index contributed by atoms with van der Waals surface area (Å²) in [5, 5.41) is 8.38. The molecule has 0 aliphatic carbocycles. The number of carboxylic acids is 1. The van der Waals surface area contributed by atoms with Crippen molar-refractivity contribution in [2.45, 2.75) is 6.42 Å². The van der Waals surface area contributed by atoms with Gasteiger partial charge in [-0.3, -0.25) is 4.79 Å². The van der Waals surface area contributed by atoms with E-state index in [2.05, 4.69) is 4.98 Å². The summed E-state index contributed by atoms with van der Waals surface area (Å²) in [4.78, 5) is 13.5. The van der Waals surface area contributed by atoms with Crippen molar-refractivity contribution in [3.05, 3.63) is 23.6 Å². The third-order valence-electron chi connectivity index (χ3n) is 1.32. The molecule has 0 aromatic carbocycles. The third kappa shape index (κ3) is 1.91. The van der Waals surface area contributed by atoms with Crippen LogP contribution in [0.5, 0.6) is 0 Å². The predicted octanol–water partition coefficient (Wildman–Crippen LogP) is 0.430. The number of pyridine rings is 1. The lowest BCUT2D eigenvalue weighted by Gasteiger charge is -2.00. The van der Waals surface area contributed by atoms with Gasteiger partial charge in [-0.15, -0.1) is 0 Å². The molecule has 5 heteroatoms. The summed E-state index contributed by atoms with van der Waals surface area (Å²) >= 11 is 0. The highest BCUT2D eigenvalue weighted by atomic mass is 19.1. The standard InChI is InChI=1S/C7H7FN2O2/c8-5-2-1-4(3-6(11)12)7(9)10-5/h1-2H,3H2,(H2,9,10)(H,11,12). The first kappa shape index (κ1) is 8.45. The number of aliphatic carboxylic acids is 1. The van der Waals surface area contributed by atoms with Crippen LogP contribution < -0.4 is 5.73 Å². The second kappa shape index (κ2) is 3.17. The number of rotatable bonds is 2. The summed E-state index contributed by atoms with van der Waals surface area (Å²) in [6, 6.07) is 2.39. The van der Waals surface area contributed by atoms with Gasteiger partial charge in [0.05, 0.1) is 6.42 Å². The van der Waals surface area contributed by atoms with E-state index in [-0.39, 0.29) is 12.2 Å². The molecule has 1 aromatic rings. The Hall–Kier alpha value is -1.65. The second-order valence-corrected chi connectivity index (χ2v) is 2.25. The Balaban J connectivity index is 2.93. The van der Waals surface area contributed by atoms with Crippen molar-refractivity contribution >= 4 is 11.8 Å². The molecule has 0 radical (unpaired) electrons. The smallest absolute Gasteiger partial charge is 0.307 e. The van der Waals surface area contributed by atoms with E-state index in [1.807, 2.05) is 0 Å². The summed E-state index contributed by atoms with van der Waals surface area (Å²) in [7, 11) is 0. The fraction of sp³-hybridized carbons (Fsp3) is 0.143. The summed E-state index contributed by atoms with van der Waals surface area (Å²) in [6.07, 6.45) is -0.237. The van der Waals surface area contributed by atoms with Crippen molar-refractivity contribution in [3.63, 3.8) is 0 Å². The molecule has 12 heavy (non-hydrogen) atoms. The number of carbonyl (C=O) groups is 1. The maximum atomic E-state index is 12.3. The molecule has 3 N–H and O–H groups in total. The number of nitrogens with zero attached hydrogens (tertiary/aromatic N) is 1. The van der Waals surface area contributed by atoms with E-state index in [9.17, 15) is 9.18 Å². The van der Waals surface area contributed by atoms with Crippen LogP contribution in [-0.2, 0) is 11.2 Å². The van der Waals surface area contributed by atoms with Crippen molar-refractivity contribution in [2.24, 2.45) is 0 Å². The van der Waals surface area contributed by atoms with Gasteiger partial charge >= 0.3 is 5.97 Å². The summed E-state index contributed by atoms with van der Waals surface area (Å²) < 4.78 is 12.3. The minimum atomic E-state index is -1.02.